The van der Waals surface area contributed by atoms with E-state index in [1.807, 2.05) is 0 Å². The van der Waals surface area contributed by atoms with Gasteiger partial charge in [-0.25, -0.2) is 0 Å². The lowest BCUT2D eigenvalue weighted by Gasteiger charge is -2.18. The molecular weight excluding hydrogens is 160 g/mol. The monoisotopic (exact) mass is 182 g/mol. The Labute approximate surface area is 81.7 Å². The third kappa shape index (κ3) is 2.23. The van der Waals surface area contributed by atoms with Crippen molar-refractivity contribution in [1.29, 1.82) is 0 Å². The van der Waals surface area contributed by atoms with Gasteiger partial charge in [-0.15, -0.1) is 0 Å². The van der Waals surface area contributed by atoms with Crippen LogP contribution in [0.15, 0.2) is 0 Å². The number of nitrogens with zero attached hydrogens (tertiary/aromatic N) is 1. The summed E-state index contributed by atoms with van der Waals surface area (Å²) in [5, 5.41) is 3.63. The lowest BCUT2D eigenvalue weighted by atomic mass is 10.2. The molecule has 0 aromatic rings. The van der Waals surface area contributed by atoms with Crippen molar-refractivity contribution in [2.75, 3.05) is 13.1 Å². The lowest BCUT2D eigenvalue weighted by molar-refractivity contribution is 0.303. The van der Waals surface area contributed by atoms with Crippen molar-refractivity contribution >= 4 is 0 Å². The topological polar surface area (TPSA) is 15.3 Å². The van der Waals surface area contributed by atoms with Crippen LogP contribution >= 0.6 is 0 Å². The summed E-state index contributed by atoms with van der Waals surface area (Å²) in [6.07, 6.45) is 2.79. The predicted octanol–water partition coefficient (Wildman–Crippen LogP) is 1.47. The highest BCUT2D eigenvalue weighted by molar-refractivity contribution is 4.96. The Morgan fingerprint density at radius 2 is 2.08 bits per heavy atom. The predicted molar refractivity (Wildman–Crippen MR) is 55.8 cm³/mol. The molecule has 1 aliphatic carbocycles. The Morgan fingerprint density at radius 1 is 1.38 bits per heavy atom. The maximum atomic E-state index is 3.63. The fourth-order valence-electron chi connectivity index (χ4n) is 2.51. The van der Waals surface area contributed by atoms with Gasteiger partial charge in [0, 0.05) is 31.2 Å². The van der Waals surface area contributed by atoms with Gasteiger partial charge >= 0.3 is 0 Å². The summed E-state index contributed by atoms with van der Waals surface area (Å²) < 4.78 is 0. The molecular formula is C11H22N2. The molecule has 2 nitrogen and oxygen atoms in total. The molecule has 3 unspecified atom stereocenters. The second kappa shape index (κ2) is 3.58. The van der Waals surface area contributed by atoms with E-state index < -0.39 is 0 Å². The first-order valence-electron chi connectivity index (χ1n) is 5.67. The molecule has 1 heterocycles. The van der Waals surface area contributed by atoms with Gasteiger partial charge in [-0.05, 0) is 18.8 Å². The SMILES string of the molecule is CC(C)NC1CCN(C2CC2C)C1. The molecule has 0 aromatic carbocycles. The van der Waals surface area contributed by atoms with Crippen molar-refractivity contribution in [2.45, 2.75) is 51.7 Å². The largest absolute Gasteiger partial charge is 0.310 e. The van der Waals surface area contributed by atoms with E-state index in [2.05, 4.69) is 31.0 Å². The third-order valence-electron chi connectivity index (χ3n) is 3.32. The molecule has 0 aromatic heterocycles. The van der Waals surface area contributed by atoms with Gasteiger partial charge in [0.15, 0.2) is 0 Å². The average Bonchev–Trinajstić information content (AvgIpc) is 2.60. The summed E-state index contributed by atoms with van der Waals surface area (Å²) in [5.74, 6) is 0.970. The van der Waals surface area contributed by atoms with E-state index in [0.29, 0.717) is 6.04 Å². The van der Waals surface area contributed by atoms with Crippen LogP contribution in [0.3, 0.4) is 0 Å². The van der Waals surface area contributed by atoms with Crippen LogP contribution in [0.1, 0.15) is 33.6 Å². The zero-order chi connectivity index (χ0) is 9.42. The molecule has 1 aliphatic heterocycles. The molecule has 2 aliphatic rings. The maximum Gasteiger partial charge on any atom is 0.0209 e. The molecule has 2 fully saturated rings. The minimum absolute atomic E-state index is 0.640. The van der Waals surface area contributed by atoms with Crippen molar-refractivity contribution in [1.82, 2.24) is 10.2 Å². The minimum atomic E-state index is 0.640. The Morgan fingerprint density at radius 3 is 2.62 bits per heavy atom. The summed E-state index contributed by atoms with van der Waals surface area (Å²) in [5.41, 5.74) is 0. The van der Waals surface area contributed by atoms with Crippen LogP contribution in [0, 0.1) is 5.92 Å². The van der Waals surface area contributed by atoms with Gasteiger partial charge in [-0.2, -0.15) is 0 Å². The fourth-order valence-corrected chi connectivity index (χ4v) is 2.51. The van der Waals surface area contributed by atoms with Gasteiger partial charge in [0.25, 0.3) is 0 Å². The Balaban J connectivity index is 1.74. The first-order chi connectivity index (χ1) is 6.16. The van der Waals surface area contributed by atoms with E-state index in [1.165, 1.54) is 25.9 Å². The number of rotatable bonds is 3. The highest BCUT2D eigenvalue weighted by atomic mass is 15.2. The maximum absolute atomic E-state index is 3.63. The van der Waals surface area contributed by atoms with Crippen LogP contribution in [0.25, 0.3) is 0 Å². The third-order valence-corrected chi connectivity index (χ3v) is 3.32. The Bertz CT molecular complexity index is 179. The molecule has 13 heavy (non-hydrogen) atoms. The molecule has 0 spiro atoms. The Hall–Kier alpha value is -0.0800. The molecule has 0 radical (unpaired) electrons. The lowest BCUT2D eigenvalue weighted by Crippen LogP contribution is -2.37. The van der Waals surface area contributed by atoms with Crippen LogP contribution in [-0.4, -0.2) is 36.1 Å². The molecule has 1 saturated heterocycles. The smallest absolute Gasteiger partial charge is 0.0209 e. The van der Waals surface area contributed by atoms with Crippen molar-refractivity contribution in [3.8, 4) is 0 Å². The molecule has 1 N–H and O–H groups in total. The number of hydrogen-bond acceptors (Lipinski definition) is 2. The highest BCUT2D eigenvalue weighted by Gasteiger charge is 2.40. The van der Waals surface area contributed by atoms with Crippen molar-refractivity contribution < 1.29 is 0 Å². The van der Waals surface area contributed by atoms with Gasteiger partial charge in [-0.1, -0.05) is 20.8 Å². The fraction of sp³-hybridized carbons (Fsp3) is 1.00. The number of nitrogens with one attached hydrogen (secondary N) is 1. The van der Waals surface area contributed by atoms with Gasteiger partial charge in [-0.3, -0.25) is 4.90 Å². The van der Waals surface area contributed by atoms with Crippen LogP contribution in [0.2, 0.25) is 0 Å². The van der Waals surface area contributed by atoms with E-state index in [0.717, 1.165) is 18.0 Å². The van der Waals surface area contributed by atoms with Gasteiger partial charge in [0.1, 0.15) is 0 Å². The Kier molecular flexibility index (Phi) is 2.61. The van der Waals surface area contributed by atoms with Crippen LogP contribution in [0.4, 0.5) is 0 Å². The van der Waals surface area contributed by atoms with E-state index in [4.69, 9.17) is 0 Å². The number of hydrogen-bond donors (Lipinski definition) is 1. The van der Waals surface area contributed by atoms with E-state index in [1.54, 1.807) is 0 Å². The second-order valence-corrected chi connectivity index (χ2v) is 5.08. The van der Waals surface area contributed by atoms with E-state index >= 15 is 0 Å². The molecule has 2 rings (SSSR count). The summed E-state index contributed by atoms with van der Waals surface area (Å²) in [4.78, 5) is 2.67. The van der Waals surface area contributed by atoms with Crippen LogP contribution in [-0.2, 0) is 0 Å². The van der Waals surface area contributed by atoms with Crippen molar-refractivity contribution in [3.63, 3.8) is 0 Å². The molecule has 0 bridgehead atoms. The van der Waals surface area contributed by atoms with Gasteiger partial charge in [0.2, 0.25) is 0 Å². The molecule has 2 heteroatoms. The second-order valence-electron chi connectivity index (χ2n) is 5.08. The molecule has 76 valence electrons. The van der Waals surface area contributed by atoms with E-state index in [9.17, 15) is 0 Å². The minimum Gasteiger partial charge on any atom is -0.310 e. The van der Waals surface area contributed by atoms with Gasteiger partial charge in [0.05, 0.1) is 0 Å². The number of likely N-dealkylation sites (tertiary alicyclic amines) is 1. The van der Waals surface area contributed by atoms with Crippen LogP contribution < -0.4 is 5.32 Å². The molecule has 0 amide bonds. The quantitative estimate of drug-likeness (QED) is 0.711. The van der Waals surface area contributed by atoms with Gasteiger partial charge < -0.3 is 5.32 Å². The van der Waals surface area contributed by atoms with E-state index in [-0.39, 0.29) is 0 Å². The molecule has 1 saturated carbocycles. The summed E-state index contributed by atoms with van der Waals surface area (Å²) in [6, 6.07) is 2.33. The van der Waals surface area contributed by atoms with Crippen molar-refractivity contribution in [2.24, 2.45) is 5.92 Å². The van der Waals surface area contributed by atoms with Crippen molar-refractivity contribution in [3.05, 3.63) is 0 Å². The molecule has 3 atom stereocenters. The standard InChI is InChI=1S/C11H22N2/c1-8(2)12-10-4-5-13(7-10)11-6-9(11)3/h8-12H,4-7H2,1-3H3. The first kappa shape index (κ1) is 9.47. The average molecular weight is 182 g/mol. The summed E-state index contributed by atoms with van der Waals surface area (Å²) in [6.45, 7) is 9.45. The summed E-state index contributed by atoms with van der Waals surface area (Å²) in [7, 11) is 0. The summed E-state index contributed by atoms with van der Waals surface area (Å²) >= 11 is 0. The van der Waals surface area contributed by atoms with Crippen LogP contribution in [0.5, 0.6) is 0 Å². The zero-order valence-corrected chi connectivity index (χ0v) is 9.09. The first-order valence-corrected chi connectivity index (χ1v) is 5.67. The zero-order valence-electron chi connectivity index (χ0n) is 9.09. The highest BCUT2D eigenvalue weighted by Crippen LogP contribution is 2.36. The normalized spacial score (nSPS) is 40.2.